The number of ether oxygens (including phenoxy) is 1. The van der Waals surface area contributed by atoms with Gasteiger partial charge >= 0.3 is 0 Å². The fourth-order valence-electron chi connectivity index (χ4n) is 2.82. The van der Waals surface area contributed by atoms with E-state index in [-0.39, 0.29) is 5.91 Å². The third-order valence-electron chi connectivity index (χ3n) is 3.76. The number of carbonyl (C=O) groups is 1. The lowest BCUT2D eigenvalue weighted by Crippen LogP contribution is -2.03. The summed E-state index contributed by atoms with van der Waals surface area (Å²) in [5.74, 6) is 1.06. The van der Waals surface area contributed by atoms with Crippen molar-refractivity contribution < 1.29 is 9.53 Å². The van der Waals surface area contributed by atoms with Crippen molar-refractivity contribution in [1.82, 2.24) is 0 Å². The first-order valence-corrected chi connectivity index (χ1v) is 6.49. The minimum Gasteiger partial charge on any atom is -0.492 e. The molecule has 94 valence electrons. The molecule has 3 nitrogen and oxygen atoms in total. The second-order valence-electron chi connectivity index (χ2n) is 4.99. The number of carbonyl (C=O) groups excluding carboxylic acids is 1. The molecule has 2 aliphatic heterocycles. The average molecular weight is 251 g/mol. The molecule has 0 unspecified atom stereocenters. The van der Waals surface area contributed by atoms with Gasteiger partial charge in [0.05, 0.1) is 13.0 Å². The summed E-state index contributed by atoms with van der Waals surface area (Å²) in [5, 5.41) is 2.90. The Morgan fingerprint density at radius 3 is 3.00 bits per heavy atom. The lowest BCUT2D eigenvalue weighted by atomic mass is 9.99. The highest BCUT2D eigenvalue weighted by molar-refractivity contribution is 6.00. The second kappa shape index (κ2) is 3.85. The van der Waals surface area contributed by atoms with Crippen LogP contribution in [0.2, 0.25) is 0 Å². The summed E-state index contributed by atoms with van der Waals surface area (Å²) < 4.78 is 5.74. The zero-order chi connectivity index (χ0) is 12.8. The predicted octanol–water partition coefficient (Wildman–Crippen LogP) is 2.78. The van der Waals surface area contributed by atoms with Gasteiger partial charge in [0.25, 0.3) is 0 Å². The van der Waals surface area contributed by atoms with E-state index in [1.165, 1.54) is 5.56 Å². The Morgan fingerprint density at radius 2 is 2.05 bits per heavy atom. The van der Waals surface area contributed by atoms with E-state index in [0.717, 1.165) is 41.2 Å². The molecule has 1 amide bonds. The lowest BCUT2D eigenvalue weighted by Gasteiger charge is -2.09. The first-order valence-electron chi connectivity index (χ1n) is 6.49. The third-order valence-corrected chi connectivity index (χ3v) is 3.76. The zero-order valence-electron chi connectivity index (χ0n) is 10.4. The number of rotatable bonds is 1. The first kappa shape index (κ1) is 10.6. The average Bonchev–Trinajstić information content (AvgIpc) is 3.01. The van der Waals surface area contributed by atoms with E-state index in [1.807, 2.05) is 12.1 Å². The molecular weight excluding hydrogens is 238 g/mol. The topological polar surface area (TPSA) is 38.3 Å². The maximum atomic E-state index is 11.4. The van der Waals surface area contributed by atoms with Crippen molar-refractivity contribution in [2.75, 3.05) is 11.9 Å². The summed E-state index contributed by atoms with van der Waals surface area (Å²) in [5.41, 5.74) is 5.47. The van der Waals surface area contributed by atoms with E-state index in [4.69, 9.17) is 4.74 Å². The van der Waals surface area contributed by atoms with Crippen molar-refractivity contribution in [3.63, 3.8) is 0 Å². The number of hydrogen-bond donors (Lipinski definition) is 1. The molecule has 2 aliphatic rings. The van der Waals surface area contributed by atoms with Crippen LogP contribution >= 0.6 is 0 Å². The molecule has 2 aromatic carbocycles. The summed E-state index contributed by atoms with van der Waals surface area (Å²) in [6.45, 7) is 0.758. The number of para-hydroxylation sites is 1. The van der Waals surface area contributed by atoms with Gasteiger partial charge in [-0.3, -0.25) is 4.79 Å². The highest BCUT2D eigenvalue weighted by Gasteiger charge is 2.20. The Kier molecular flexibility index (Phi) is 2.15. The molecule has 0 atom stereocenters. The van der Waals surface area contributed by atoms with Crippen LogP contribution in [0.15, 0.2) is 36.4 Å². The molecular formula is C16H13NO2. The van der Waals surface area contributed by atoms with Crippen molar-refractivity contribution in [3.05, 3.63) is 47.5 Å². The monoisotopic (exact) mass is 251 g/mol. The second-order valence-corrected chi connectivity index (χ2v) is 4.99. The molecule has 2 aromatic rings. The summed E-state index contributed by atoms with van der Waals surface area (Å²) in [6.07, 6.45) is 1.46. The van der Waals surface area contributed by atoms with Gasteiger partial charge in [-0.05, 0) is 22.8 Å². The van der Waals surface area contributed by atoms with E-state index in [2.05, 4.69) is 29.6 Å². The van der Waals surface area contributed by atoms with Crippen molar-refractivity contribution in [2.45, 2.75) is 12.8 Å². The predicted molar refractivity (Wildman–Crippen MR) is 73.4 cm³/mol. The maximum absolute atomic E-state index is 11.4. The Hall–Kier alpha value is -2.29. The van der Waals surface area contributed by atoms with Crippen LogP contribution in [0.1, 0.15) is 11.1 Å². The van der Waals surface area contributed by atoms with Gasteiger partial charge in [0.1, 0.15) is 5.75 Å². The molecule has 0 aromatic heterocycles. The van der Waals surface area contributed by atoms with E-state index < -0.39 is 0 Å². The van der Waals surface area contributed by atoms with Gasteiger partial charge < -0.3 is 10.1 Å². The van der Waals surface area contributed by atoms with E-state index in [9.17, 15) is 4.79 Å². The van der Waals surface area contributed by atoms with Crippen molar-refractivity contribution in [1.29, 1.82) is 0 Å². The van der Waals surface area contributed by atoms with Crippen LogP contribution in [0, 0.1) is 0 Å². The normalized spacial score (nSPS) is 15.7. The highest BCUT2D eigenvalue weighted by Crippen LogP contribution is 2.38. The summed E-state index contributed by atoms with van der Waals surface area (Å²) in [4.78, 5) is 11.4. The van der Waals surface area contributed by atoms with Gasteiger partial charge in [0.15, 0.2) is 0 Å². The Labute approximate surface area is 111 Å². The molecule has 19 heavy (non-hydrogen) atoms. The van der Waals surface area contributed by atoms with Crippen LogP contribution in [0.4, 0.5) is 5.69 Å². The Balaban J connectivity index is 1.84. The van der Waals surface area contributed by atoms with Crippen LogP contribution in [0.5, 0.6) is 5.75 Å². The molecule has 0 radical (unpaired) electrons. The van der Waals surface area contributed by atoms with Gasteiger partial charge in [0, 0.05) is 17.7 Å². The van der Waals surface area contributed by atoms with Crippen LogP contribution in [0.3, 0.4) is 0 Å². The molecule has 2 heterocycles. The number of anilines is 1. The fraction of sp³-hybridized carbons (Fsp3) is 0.188. The first-order chi connectivity index (χ1) is 9.31. The number of nitrogens with one attached hydrogen (secondary N) is 1. The van der Waals surface area contributed by atoms with Crippen LogP contribution in [-0.4, -0.2) is 12.5 Å². The van der Waals surface area contributed by atoms with Crippen molar-refractivity contribution >= 4 is 11.6 Å². The number of benzene rings is 2. The molecule has 0 bridgehead atoms. The molecule has 0 spiro atoms. The summed E-state index contributed by atoms with van der Waals surface area (Å²) in [6, 6.07) is 12.4. The minimum absolute atomic E-state index is 0.0710. The fourth-order valence-corrected chi connectivity index (χ4v) is 2.82. The van der Waals surface area contributed by atoms with E-state index in [1.54, 1.807) is 0 Å². The van der Waals surface area contributed by atoms with E-state index >= 15 is 0 Å². The lowest BCUT2D eigenvalue weighted by molar-refractivity contribution is -0.115. The van der Waals surface area contributed by atoms with Crippen molar-refractivity contribution in [3.8, 4) is 16.9 Å². The summed E-state index contributed by atoms with van der Waals surface area (Å²) in [7, 11) is 0. The quantitative estimate of drug-likeness (QED) is 0.846. The van der Waals surface area contributed by atoms with Crippen LogP contribution in [-0.2, 0) is 17.6 Å². The number of amides is 1. The zero-order valence-corrected chi connectivity index (χ0v) is 10.4. The SMILES string of the molecule is O=C1Cc2ccc(-c3cccc4c3OCC4)cc2N1. The third kappa shape index (κ3) is 1.62. The van der Waals surface area contributed by atoms with Gasteiger partial charge in [-0.15, -0.1) is 0 Å². The maximum Gasteiger partial charge on any atom is 0.228 e. The summed E-state index contributed by atoms with van der Waals surface area (Å²) >= 11 is 0. The Morgan fingerprint density at radius 1 is 1.11 bits per heavy atom. The van der Waals surface area contributed by atoms with Gasteiger partial charge in [-0.1, -0.05) is 30.3 Å². The highest BCUT2D eigenvalue weighted by atomic mass is 16.5. The molecule has 0 saturated heterocycles. The van der Waals surface area contributed by atoms with Gasteiger partial charge in [-0.25, -0.2) is 0 Å². The smallest absolute Gasteiger partial charge is 0.228 e. The van der Waals surface area contributed by atoms with Gasteiger partial charge in [-0.2, -0.15) is 0 Å². The molecule has 0 fully saturated rings. The largest absolute Gasteiger partial charge is 0.492 e. The molecule has 4 rings (SSSR count). The standard InChI is InChI=1S/C16H13NO2/c18-15-9-12-5-4-11(8-14(12)17-15)13-3-1-2-10-6-7-19-16(10)13/h1-5,8H,6-7,9H2,(H,17,18). The van der Waals surface area contributed by atoms with Gasteiger partial charge in [0.2, 0.25) is 5.91 Å². The number of hydrogen-bond acceptors (Lipinski definition) is 2. The molecule has 3 heteroatoms. The van der Waals surface area contributed by atoms with Crippen LogP contribution in [0.25, 0.3) is 11.1 Å². The van der Waals surface area contributed by atoms with E-state index in [0.29, 0.717) is 6.42 Å². The molecule has 0 aliphatic carbocycles. The minimum atomic E-state index is 0.0710. The molecule has 0 saturated carbocycles. The molecule has 1 N–H and O–H groups in total. The Bertz CT molecular complexity index is 691. The van der Waals surface area contributed by atoms with Crippen LogP contribution < -0.4 is 10.1 Å². The van der Waals surface area contributed by atoms with Crippen molar-refractivity contribution in [2.24, 2.45) is 0 Å². The number of fused-ring (bicyclic) bond motifs is 2.